The molecule has 1 heterocycles. The van der Waals surface area contributed by atoms with Crippen LogP contribution in [0.4, 0.5) is 5.82 Å². The molecule has 0 aliphatic heterocycles. The lowest BCUT2D eigenvalue weighted by Crippen LogP contribution is -2.22. The molecule has 0 aliphatic carbocycles. The number of anilines is 1. The second kappa shape index (κ2) is 6.13. The van der Waals surface area contributed by atoms with Crippen LogP contribution in [0.5, 0.6) is 0 Å². The van der Waals surface area contributed by atoms with Gasteiger partial charge in [0.1, 0.15) is 5.69 Å². The van der Waals surface area contributed by atoms with Crippen molar-refractivity contribution in [3.63, 3.8) is 0 Å². The van der Waals surface area contributed by atoms with E-state index in [0.717, 1.165) is 0 Å². The van der Waals surface area contributed by atoms with Crippen LogP contribution in [-0.2, 0) is 6.42 Å². The zero-order chi connectivity index (χ0) is 15.6. The largest absolute Gasteiger partial charge is 0.396 e. The summed E-state index contributed by atoms with van der Waals surface area (Å²) in [5.41, 5.74) is 6.61. The number of nitrogen functional groups attached to an aromatic ring is 1. The Labute approximate surface area is 133 Å². The molecule has 0 saturated heterocycles. The van der Waals surface area contributed by atoms with Crippen molar-refractivity contribution < 1.29 is 5.11 Å². The van der Waals surface area contributed by atoms with E-state index in [-0.39, 0.29) is 17.8 Å². The molecule has 3 N–H and O–H groups in total. The van der Waals surface area contributed by atoms with E-state index >= 15 is 0 Å². The summed E-state index contributed by atoms with van der Waals surface area (Å²) in [6.45, 7) is 3.85. The molecular weight excluding hydrogens is 311 g/mol. The molecular formula is C14H16Cl2N4O. The van der Waals surface area contributed by atoms with Crippen LogP contribution in [0.3, 0.4) is 0 Å². The lowest BCUT2D eigenvalue weighted by atomic mass is 9.90. The Morgan fingerprint density at radius 2 is 1.95 bits per heavy atom. The summed E-state index contributed by atoms with van der Waals surface area (Å²) in [5.74, 6) is 0.714. The van der Waals surface area contributed by atoms with Crippen LogP contribution in [-0.4, -0.2) is 26.9 Å². The molecule has 2 aromatic rings. The van der Waals surface area contributed by atoms with E-state index in [4.69, 9.17) is 28.9 Å². The number of nitrogens with two attached hydrogens (primary N) is 1. The lowest BCUT2D eigenvalue weighted by Gasteiger charge is -2.20. The number of benzene rings is 1. The van der Waals surface area contributed by atoms with Gasteiger partial charge >= 0.3 is 0 Å². The maximum Gasteiger partial charge on any atom is 0.154 e. The van der Waals surface area contributed by atoms with Crippen molar-refractivity contribution in [3.8, 4) is 11.3 Å². The minimum Gasteiger partial charge on any atom is -0.396 e. The molecule has 0 bridgehead atoms. The quantitative estimate of drug-likeness (QED) is 0.902. The molecule has 0 unspecified atom stereocenters. The van der Waals surface area contributed by atoms with Crippen molar-refractivity contribution in [1.29, 1.82) is 0 Å². The molecule has 7 heteroatoms. The highest BCUT2D eigenvalue weighted by atomic mass is 35.5. The number of aliphatic hydroxyl groups is 1. The summed E-state index contributed by atoms with van der Waals surface area (Å²) in [6.07, 6.45) is 0.476. The van der Waals surface area contributed by atoms with Crippen molar-refractivity contribution in [2.75, 3.05) is 12.3 Å². The SMILES string of the molecule is CC(C)(CO)Cc1nnc(-c2cccc(Cl)c2Cl)c(N)n1. The summed E-state index contributed by atoms with van der Waals surface area (Å²) < 4.78 is 0. The fourth-order valence-corrected chi connectivity index (χ4v) is 2.20. The summed E-state index contributed by atoms with van der Waals surface area (Å²) in [6, 6.07) is 5.20. The van der Waals surface area contributed by atoms with Gasteiger partial charge in [0.05, 0.1) is 10.0 Å². The van der Waals surface area contributed by atoms with Crippen molar-refractivity contribution in [2.24, 2.45) is 5.41 Å². The predicted octanol–water partition coefficient (Wildman–Crippen LogP) is 2.99. The minimum absolute atomic E-state index is 0.0259. The summed E-state index contributed by atoms with van der Waals surface area (Å²) in [7, 11) is 0. The maximum atomic E-state index is 9.28. The summed E-state index contributed by atoms with van der Waals surface area (Å²) >= 11 is 12.1. The van der Waals surface area contributed by atoms with Gasteiger partial charge in [-0.2, -0.15) is 0 Å². The molecule has 112 valence electrons. The van der Waals surface area contributed by atoms with Crippen LogP contribution in [0.25, 0.3) is 11.3 Å². The molecule has 0 aliphatic rings. The minimum atomic E-state index is -0.330. The van der Waals surface area contributed by atoms with E-state index in [1.165, 1.54) is 0 Å². The molecule has 0 radical (unpaired) electrons. The Morgan fingerprint density at radius 3 is 2.57 bits per heavy atom. The number of aromatic nitrogens is 3. The lowest BCUT2D eigenvalue weighted by molar-refractivity contribution is 0.157. The Hall–Kier alpha value is -1.43. The van der Waals surface area contributed by atoms with Crippen LogP contribution >= 0.6 is 23.2 Å². The maximum absolute atomic E-state index is 9.28. The monoisotopic (exact) mass is 326 g/mol. The van der Waals surface area contributed by atoms with Crippen LogP contribution in [0, 0.1) is 5.41 Å². The summed E-state index contributed by atoms with van der Waals surface area (Å²) in [4.78, 5) is 4.24. The highest BCUT2D eigenvalue weighted by Gasteiger charge is 2.21. The normalized spacial score (nSPS) is 11.7. The Bertz CT molecular complexity index is 661. The molecule has 21 heavy (non-hydrogen) atoms. The Morgan fingerprint density at radius 1 is 1.24 bits per heavy atom. The number of hydrogen-bond donors (Lipinski definition) is 2. The van der Waals surface area contributed by atoms with Crippen LogP contribution in [0.15, 0.2) is 18.2 Å². The van der Waals surface area contributed by atoms with Crippen LogP contribution < -0.4 is 5.73 Å². The van der Waals surface area contributed by atoms with Gasteiger partial charge in [0, 0.05) is 18.6 Å². The van der Waals surface area contributed by atoms with E-state index in [9.17, 15) is 5.11 Å². The number of rotatable bonds is 4. The van der Waals surface area contributed by atoms with E-state index in [2.05, 4.69) is 15.2 Å². The van der Waals surface area contributed by atoms with Gasteiger partial charge < -0.3 is 10.8 Å². The molecule has 5 nitrogen and oxygen atoms in total. The third-order valence-electron chi connectivity index (χ3n) is 3.03. The average Bonchev–Trinajstić information content (AvgIpc) is 2.42. The van der Waals surface area contributed by atoms with Crippen molar-refractivity contribution >= 4 is 29.0 Å². The highest BCUT2D eigenvalue weighted by Crippen LogP contribution is 2.34. The number of nitrogens with zero attached hydrogens (tertiary/aromatic N) is 3. The van der Waals surface area contributed by atoms with E-state index < -0.39 is 0 Å². The van der Waals surface area contributed by atoms with E-state index in [1.807, 2.05) is 13.8 Å². The second-order valence-corrected chi connectivity index (χ2v) is 6.35. The Balaban J connectivity index is 2.38. The smallest absolute Gasteiger partial charge is 0.154 e. The molecule has 1 aromatic heterocycles. The second-order valence-electron chi connectivity index (χ2n) is 5.56. The first kappa shape index (κ1) is 15.9. The summed E-state index contributed by atoms with van der Waals surface area (Å²) in [5, 5.41) is 18.2. The molecule has 0 spiro atoms. The molecule has 0 amide bonds. The first-order valence-corrected chi connectivity index (χ1v) is 7.14. The van der Waals surface area contributed by atoms with Gasteiger partial charge in [0.25, 0.3) is 0 Å². The van der Waals surface area contributed by atoms with Crippen molar-refractivity contribution in [2.45, 2.75) is 20.3 Å². The van der Waals surface area contributed by atoms with Crippen LogP contribution in [0.2, 0.25) is 10.0 Å². The van der Waals surface area contributed by atoms with Crippen molar-refractivity contribution in [1.82, 2.24) is 15.2 Å². The Kier molecular flexibility index (Phi) is 4.66. The molecule has 1 aromatic carbocycles. The molecule has 2 rings (SSSR count). The number of hydrogen-bond acceptors (Lipinski definition) is 5. The van der Waals surface area contributed by atoms with Gasteiger partial charge in [-0.05, 0) is 11.5 Å². The van der Waals surface area contributed by atoms with Gasteiger partial charge in [-0.1, -0.05) is 49.2 Å². The standard InChI is InChI=1S/C14H16Cl2N4O/c1-14(2,7-21)6-10-18-13(17)12(20-19-10)8-4-3-5-9(15)11(8)16/h3-5,21H,6-7H2,1-2H3,(H2,17,18,19). The molecule has 0 fully saturated rings. The van der Waals surface area contributed by atoms with E-state index in [1.54, 1.807) is 18.2 Å². The number of halogens is 2. The fourth-order valence-electron chi connectivity index (χ4n) is 1.81. The van der Waals surface area contributed by atoms with Gasteiger partial charge in [-0.15, -0.1) is 10.2 Å². The zero-order valence-electron chi connectivity index (χ0n) is 11.8. The van der Waals surface area contributed by atoms with Crippen LogP contribution in [0.1, 0.15) is 19.7 Å². The topological polar surface area (TPSA) is 84.9 Å². The van der Waals surface area contributed by atoms with E-state index in [0.29, 0.717) is 33.5 Å². The zero-order valence-corrected chi connectivity index (χ0v) is 13.3. The first-order valence-electron chi connectivity index (χ1n) is 6.38. The van der Waals surface area contributed by atoms with Gasteiger partial charge in [0.2, 0.25) is 0 Å². The highest BCUT2D eigenvalue weighted by molar-refractivity contribution is 6.43. The average molecular weight is 327 g/mol. The third kappa shape index (κ3) is 3.61. The fraction of sp³-hybridized carbons (Fsp3) is 0.357. The molecule has 0 atom stereocenters. The van der Waals surface area contributed by atoms with Gasteiger partial charge in [-0.3, -0.25) is 0 Å². The third-order valence-corrected chi connectivity index (χ3v) is 3.85. The number of aliphatic hydroxyl groups excluding tert-OH is 1. The van der Waals surface area contributed by atoms with Gasteiger partial charge in [-0.25, -0.2) is 4.98 Å². The van der Waals surface area contributed by atoms with Crippen molar-refractivity contribution in [3.05, 3.63) is 34.1 Å². The predicted molar refractivity (Wildman–Crippen MR) is 84.3 cm³/mol. The van der Waals surface area contributed by atoms with Gasteiger partial charge in [0.15, 0.2) is 11.6 Å². The first-order chi connectivity index (χ1) is 9.84. The molecule has 0 saturated carbocycles.